The molecule has 0 rings (SSSR count). The van der Waals surface area contributed by atoms with E-state index in [1.165, 1.54) is 0 Å². The molecule has 0 bridgehead atoms. The quantitative estimate of drug-likeness (QED) is 0.279. The van der Waals surface area contributed by atoms with Crippen molar-refractivity contribution < 1.29 is 78.6 Å². The van der Waals surface area contributed by atoms with Gasteiger partial charge in [-0.05, 0) is 19.0 Å². The maximum Gasteiger partial charge on any atom is 1.00 e. The summed E-state index contributed by atoms with van der Waals surface area (Å²) in [6.07, 6.45) is 1.25. The first kappa shape index (κ1) is 19.6. The van der Waals surface area contributed by atoms with Gasteiger partial charge in [0.1, 0.15) is 0 Å². The molecule has 62 valence electrons. The van der Waals surface area contributed by atoms with Gasteiger partial charge < -0.3 is 19.5 Å². The molecule has 0 aliphatic heterocycles. The van der Waals surface area contributed by atoms with E-state index in [4.69, 9.17) is 5.11 Å². The summed E-state index contributed by atoms with van der Waals surface area (Å²) >= 11 is 0. The number of hydrogen-bond donors (Lipinski definition) is 1. The third-order valence-electron chi connectivity index (χ3n) is 1.09. The first-order chi connectivity index (χ1) is 4.56. The van der Waals surface area contributed by atoms with Crippen LogP contribution in [0.1, 0.15) is 19.3 Å². The molecule has 1 N–H and O–H groups in total. The van der Waals surface area contributed by atoms with Gasteiger partial charge in [-0.2, -0.15) is 0 Å². The molecule has 0 fully saturated rings. The van der Waals surface area contributed by atoms with Gasteiger partial charge in [0.2, 0.25) is 0 Å². The maximum absolute atomic E-state index is 10.0. The van der Waals surface area contributed by atoms with E-state index in [9.17, 15) is 14.4 Å². The molecule has 0 heterocycles. The predicted molar refractivity (Wildman–Crippen MR) is 33.4 cm³/mol. The summed E-state index contributed by atoms with van der Waals surface area (Å²) in [4.78, 5) is 20.0. The topological polar surface area (TPSA) is 83.4 Å². The first-order valence-electron chi connectivity index (χ1n) is 3.18. The van der Waals surface area contributed by atoms with Gasteiger partial charge in [-0.25, -0.2) is 0 Å². The van der Waals surface area contributed by atoms with E-state index in [0.717, 1.165) is 0 Å². The zero-order chi connectivity index (χ0) is 8.04. The largest absolute Gasteiger partial charge is 1.00 e. The fourth-order valence-electron chi connectivity index (χ4n) is 0.594. The minimum absolute atomic E-state index is 0. The summed E-state index contributed by atoms with van der Waals surface area (Å²) < 4.78 is 10.0. The summed E-state index contributed by atoms with van der Waals surface area (Å²) in [7, 11) is -4.29. The number of aliphatic hydroxyl groups excluding tert-OH is 1. The van der Waals surface area contributed by atoms with Crippen molar-refractivity contribution in [3.8, 4) is 0 Å². The van der Waals surface area contributed by atoms with Gasteiger partial charge in [0.15, 0.2) is 0 Å². The van der Waals surface area contributed by atoms with Crippen LogP contribution in [0.15, 0.2) is 0 Å². The van der Waals surface area contributed by atoms with Crippen molar-refractivity contribution in [1.29, 1.82) is 0 Å². The summed E-state index contributed by atoms with van der Waals surface area (Å²) in [5, 5.41) is 8.27. The molecule has 0 amide bonds. The Hall–Kier alpha value is 2.11. The fourth-order valence-corrected chi connectivity index (χ4v) is 1.20. The van der Waals surface area contributed by atoms with Crippen LogP contribution in [-0.2, 0) is 4.57 Å². The number of aliphatic hydroxyl groups is 1. The normalized spacial score (nSPS) is 9.92. The van der Waals surface area contributed by atoms with Gasteiger partial charge >= 0.3 is 59.1 Å². The summed E-state index contributed by atoms with van der Waals surface area (Å²) in [5.74, 6) is 0. The van der Waals surface area contributed by atoms with E-state index < -0.39 is 7.60 Å². The molecular weight excluding hydrogens is 201 g/mol. The van der Waals surface area contributed by atoms with E-state index in [-0.39, 0.29) is 71.9 Å². The van der Waals surface area contributed by atoms with Crippen molar-refractivity contribution >= 4 is 7.60 Å². The standard InChI is InChI=1S/C5H13O4P.2Na/c6-4-2-1-3-5-10(7,8)9;;/h6H,1-5H2,(H2,7,8,9);;/q;2*+1/p-2. The molecule has 0 saturated carbocycles. The molecule has 0 unspecified atom stereocenters. The second-order valence-electron chi connectivity index (χ2n) is 2.12. The minimum atomic E-state index is -4.29. The Morgan fingerprint density at radius 1 is 1.08 bits per heavy atom. The molecule has 0 aromatic rings. The zero-order valence-electron chi connectivity index (χ0n) is 7.65. The zero-order valence-corrected chi connectivity index (χ0v) is 12.5. The Kier molecular flexibility index (Phi) is 18.3. The molecule has 0 aromatic carbocycles. The van der Waals surface area contributed by atoms with E-state index >= 15 is 0 Å². The van der Waals surface area contributed by atoms with E-state index in [0.29, 0.717) is 19.3 Å². The average molecular weight is 212 g/mol. The van der Waals surface area contributed by atoms with Crippen LogP contribution in [-0.4, -0.2) is 17.9 Å². The van der Waals surface area contributed by atoms with Crippen LogP contribution in [0.2, 0.25) is 0 Å². The Morgan fingerprint density at radius 2 is 1.58 bits per heavy atom. The van der Waals surface area contributed by atoms with Crippen LogP contribution in [0.25, 0.3) is 0 Å². The predicted octanol–water partition coefficient (Wildman–Crippen LogP) is -6.93. The smallest absolute Gasteiger partial charge is 0.811 e. The summed E-state index contributed by atoms with van der Waals surface area (Å²) in [6.45, 7) is 0.0576. The molecule has 7 heteroatoms. The van der Waals surface area contributed by atoms with Crippen LogP contribution >= 0.6 is 7.60 Å². The Bertz CT molecular complexity index is 127. The second kappa shape index (κ2) is 11.2. The Labute approximate surface area is 117 Å². The molecule has 12 heavy (non-hydrogen) atoms. The van der Waals surface area contributed by atoms with Crippen LogP contribution in [0.5, 0.6) is 0 Å². The molecule has 0 atom stereocenters. The van der Waals surface area contributed by atoms with Crippen LogP contribution in [0, 0.1) is 0 Å². The van der Waals surface area contributed by atoms with Crippen molar-refractivity contribution in [1.82, 2.24) is 0 Å². The van der Waals surface area contributed by atoms with Gasteiger partial charge in [-0.15, -0.1) is 0 Å². The molecule has 0 saturated heterocycles. The maximum atomic E-state index is 10.0. The molecule has 0 aliphatic rings. The van der Waals surface area contributed by atoms with Crippen LogP contribution in [0.3, 0.4) is 0 Å². The minimum Gasteiger partial charge on any atom is -0.811 e. The van der Waals surface area contributed by atoms with Crippen molar-refractivity contribution in [2.24, 2.45) is 0 Å². The Balaban J connectivity index is -0.000000405. The molecule has 0 radical (unpaired) electrons. The SMILES string of the molecule is O=P([O-])([O-])CCCCCO.[Na+].[Na+]. The monoisotopic (exact) mass is 212 g/mol. The third kappa shape index (κ3) is 18.0. The fraction of sp³-hybridized carbons (Fsp3) is 1.00. The van der Waals surface area contributed by atoms with Gasteiger partial charge in [0, 0.05) is 6.61 Å². The van der Waals surface area contributed by atoms with Crippen molar-refractivity contribution in [3.05, 3.63) is 0 Å². The van der Waals surface area contributed by atoms with Crippen molar-refractivity contribution in [3.63, 3.8) is 0 Å². The van der Waals surface area contributed by atoms with E-state index in [1.807, 2.05) is 0 Å². The summed E-state index contributed by atoms with van der Waals surface area (Å²) in [5.41, 5.74) is 0. The number of rotatable bonds is 5. The van der Waals surface area contributed by atoms with Gasteiger partial charge in [-0.1, -0.05) is 14.0 Å². The van der Waals surface area contributed by atoms with Gasteiger partial charge in [-0.3, -0.25) is 0 Å². The van der Waals surface area contributed by atoms with Gasteiger partial charge in [0.25, 0.3) is 0 Å². The molecule has 0 aliphatic carbocycles. The first-order valence-corrected chi connectivity index (χ1v) is 4.91. The molecule has 0 aromatic heterocycles. The van der Waals surface area contributed by atoms with Crippen molar-refractivity contribution in [2.75, 3.05) is 12.8 Å². The summed E-state index contributed by atoms with van der Waals surface area (Å²) in [6, 6.07) is 0. The van der Waals surface area contributed by atoms with E-state index in [1.54, 1.807) is 0 Å². The van der Waals surface area contributed by atoms with Gasteiger partial charge in [0.05, 0.1) is 0 Å². The Morgan fingerprint density at radius 3 is 1.92 bits per heavy atom. The van der Waals surface area contributed by atoms with Crippen LogP contribution in [0.4, 0.5) is 0 Å². The van der Waals surface area contributed by atoms with Crippen molar-refractivity contribution in [2.45, 2.75) is 19.3 Å². The molecular formula is C5H11Na2O4P. The number of hydrogen-bond acceptors (Lipinski definition) is 4. The number of unbranched alkanes of at least 4 members (excludes halogenated alkanes) is 2. The average Bonchev–Trinajstić information content (AvgIpc) is 1.78. The molecule has 4 nitrogen and oxygen atoms in total. The second-order valence-corrected chi connectivity index (χ2v) is 3.79. The van der Waals surface area contributed by atoms with Crippen LogP contribution < -0.4 is 68.9 Å². The van der Waals surface area contributed by atoms with E-state index in [2.05, 4.69) is 0 Å². The molecule has 0 spiro atoms. The third-order valence-corrected chi connectivity index (χ3v) is 1.95.